The molecule has 9 heteroatoms. The van der Waals surface area contributed by atoms with E-state index in [2.05, 4.69) is 31.1 Å². The SMILES string of the molecule is COC(=O)c1cnc2cc(Nc3cc(C)[nH]n3)nc(NC3CC4CCC(C3)N4)c2c1. The van der Waals surface area contributed by atoms with Gasteiger partial charge in [-0.2, -0.15) is 5.10 Å². The Bertz CT molecular complexity index is 1080. The van der Waals surface area contributed by atoms with Crippen LogP contribution in [0.2, 0.25) is 0 Å². The number of rotatable bonds is 5. The second-order valence-electron chi connectivity index (χ2n) is 8.15. The van der Waals surface area contributed by atoms with Crippen LogP contribution in [0, 0.1) is 6.92 Å². The van der Waals surface area contributed by atoms with Crippen LogP contribution in [0.1, 0.15) is 41.7 Å². The number of esters is 1. The van der Waals surface area contributed by atoms with Gasteiger partial charge in [-0.3, -0.25) is 10.1 Å². The summed E-state index contributed by atoms with van der Waals surface area (Å²) < 4.78 is 4.86. The number of aryl methyl sites for hydroxylation is 1. The summed E-state index contributed by atoms with van der Waals surface area (Å²) in [6.45, 7) is 1.94. The van der Waals surface area contributed by atoms with Crippen molar-refractivity contribution in [3.05, 3.63) is 35.7 Å². The Kier molecular flexibility index (Phi) is 4.74. The number of methoxy groups -OCH3 is 1. The van der Waals surface area contributed by atoms with Crippen molar-refractivity contribution in [2.24, 2.45) is 0 Å². The first-order valence-corrected chi connectivity index (χ1v) is 10.3. The highest BCUT2D eigenvalue weighted by molar-refractivity contribution is 5.98. The van der Waals surface area contributed by atoms with Crippen LogP contribution in [0.15, 0.2) is 24.4 Å². The number of aromatic amines is 1. The van der Waals surface area contributed by atoms with Crippen LogP contribution in [0.3, 0.4) is 0 Å². The molecule has 4 N–H and O–H groups in total. The van der Waals surface area contributed by atoms with Crippen LogP contribution in [0.4, 0.5) is 17.5 Å². The standard InChI is InChI=1S/C21H25N7O2/c1-11-5-19(28-27-11)25-18-9-17-16(6-12(10-22-17)21(29)30-2)20(26-18)24-15-7-13-3-4-14(8-15)23-13/h5-6,9-10,13-15,23H,3-4,7-8H2,1-2H3,(H3,24,25,26,27,28). The normalized spacial score (nSPS) is 22.8. The lowest BCUT2D eigenvalue weighted by molar-refractivity contribution is 0.0600. The van der Waals surface area contributed by atoms with Gasteiger partial charge in [0, 0.05) is 47.5 Å². The molecule has 0 aliphatic carbocycles. The predicted octanol–water partition coefficient (Wildman–Crippen LogP) is 2.89. The number of anilines is 3. The molecule has 2 saturated heterocycles. The Labute approximate surface area is 174 Å². The fourth-order valence-corrected chi connectivity index (χ4v) is 4.51. The fraction of sp³-hybridized carbons (Fsp3) is 0.429. The molecule has 2 aliphatic rings. The summed E-state index contributed by atoms with van der Waals surface area (Å²) in [4.78, 5) is 21.3. The predicted molar refractivity (Wildman–Crippen MR) is 114 cm³/mol. The molecule has 156 valence electrons. The molecule has 0 saturated carbocycles. The van der Waals surface area contributed by atoms with Gasteiger partial charge in [-0.1, -0.05) is 0 Å². The molecular formula is C21H25N7O2. The van der Waals surface area contributed by atoms with Gasteiger partial charge in [-0.25, -0.2) is 9.78 Å². The first kappa shape index (κ1) is 18.8. The van der Waals surface area contributed by atoms with E-state index in [-0.39, 0.29) is 0 Å². The van der Waals surface area contributed by atoms with Gasteiger partial charge in [0.25, 0.3) is 0 Å². The number of carbonyl (C=O) groups excluding carboxylic acids is 1. The highest BCUT2D eigenvalue weighted by Crippen LogP contribution is 2.31. The first-order chi connectivity index (χ1) is 14.6. The lowest BCUT2D eigenvalue weighted by Crippen LogP contribution is -2.43. The van der Waals surface area contributed by atoms with Crippen molar-refractivity contribution in [1.82, 2.24) is 25.5 Å². The molecule has 9 nitrogen and oxygen atoms in total. The van der Waals surface area contributed by atoms with Crippen LogP contribution in [0.5, 0.6) is 0 Å². The minimum absolute atomic E-state index is 0.323. The lowest BCUT2D eigenvalue weighted by atomic mass is 9.99. The Morgan fingerprint density at radius 3 is 2.67 bits per heavy atom. The van der Waals surface area contributed by atoms with Gasteiger partial charge in [-0.15, -0.1) is 0 Å². The number of hydrogen-bond donors (Lipinski definition) is 4. The molecule has 0 aromatic carbocycles. The summed E-state index contributed by atoms with van der Waals surface area (Å²) in [6, 6.07) is 7.01. The van der Waals surface area contributed by atoms with Gasteiger partial charge < -0.3 is 20.7 Å². The van der Waals surface area contributed by atoms with E-state index in [1.807, 2.05) is 19.1 Å². The van der Waals surface area contributed by atoms with E-state index < -0.39 is 5.97 Å². The number of nitrogens with zero attached hydrogens (tertiary/aromatic N) is 3. The zero-order valence-electron chi connectivity index (χ0n) is 17.0. The number of aromatic nitrogens is 4. The lowest BCUT2D eigenvalue weighted by Gasteiger charge is -2.30. The maximum absolute atomic E-state index is 12.0. The molecule has 2 aliphatic heterocycles. The summed E-state index contributed by atoms with van der Waals surface area (Å²) in [6.07, 6.45) is 6.10. The summed E-state index contributed by atoms with van der Waals surface area (Å²) in [5, 5.41) is 18.5. The third-order valence-electron chi connectivity index (χ3n) is 5.88. The number of ether oxygens (including phenoxy) is 1. The topological polar surface area (TPSA) is 117 Å². The maximum atomic E-state index is 12.0. The van der Waals surface area contributed by atoms with Crippen molar-refractivity contribution in [3.63, 3.8) is 0 Å². The number of hydrogen-bond acceptors (Lipinski definition) is 8. The third-order valence-corrected chi connectivity index (χ3v) is 5.88. The van der Waals surface area contributed by atoms with E-state index in [0.717, 1.165) is 29.4 Å². The molecular weight excluding hydrogens is 382 g/mol. The van der Waals surface area contributed by atoms with Crippen molar-refractivity contribution in [2.75, 3.05) is 17.7 Å². The molecule has 2 fully saturated rings. The zero-order chi connectivity index (χ0) is 20.7. The van der Waals surface area contributed by atoms with E-state index in [9.17, 15) is 4.79 Å². The summed E-state index contributed by atoms with van der Waals surface area (Å²) >= 11 is 0. The third kappa shape index (κ3) is 3.68. The second-order valence-corrected chi connectivity index (χ2v) is 8.15. The zero-order valence-corrected chi connectivity index (χ0v) is 17.0. The quantitative estimate of drug-likeness (QED) is 0.477. The Morgan fingerprint density at radius 2 is 1.97 bits per heavy atom. The molecule has 2 atom stereocenters. The average molecular weight is 407 g/mol. The second kappa shape index (κ2) is 7.56. The molecule has 5 rings (SSSR count). The van der Waals surface area contributed by atoms with Crippen molar-refractivity contribution in [3.8, 4) is 0 Å². The van der Waals surface area contributed by atoms with E-state index in [1.165, 1.54) is 26.1 Å². The largest absolute Gasteiger partial charge is 0.465 e. The van der Waals surface area contributed by atoms with Crippen LogP contribution in [-0.2, 0) is 4.74 Å². The van der Waals surface area contributed by atoms with Crippen molar-refractivity contribution >= 4 is 34.3 Å². The van der Waals surface area contributed by atoms with E-state index in [0.29, 0.717) is 41.1 Å². The molecule has 2 bridgehead atoms. The molecule has 0 spiro atoms. The molecule has 0 radical (unpaired) electrons. The van der Waals surface area contributed by atoms with Gasteiger partial charge in [-0.05, 0) is 38.7 Å². The molecule has 2 unspecified atom stereocenters. The number of H-pyrrole nitrogens is 1. The minimum Gasteiger partial charge on any atom is -0.465 e. The van der Waals surface area contributed by atoms with Crippen LogP contribution < -0.4 is 16.0 Å². The van der Waals surface area contributed by atoms with Gasteiger partial charge in [0.15, 0.2) is 5.82 Å². The maximum Gasteiger partial charge on any atom is 0.339 e. The van der Waals surface area contributed by atoms with Crippen LogP contribution >= 0.6 is 0 Å². The minimum atomic E-state index is -0.413. The van der Waals surface area contributed by atoms with Gasteiger partial charge >= 0.3 is 5.97 Å². The van der Waals surface area contributed by atoms with Crippen LogP contribution in [0.25, 0.3) is 10.9 Å². The number of fused-ring (bicyclic) bond motifs is 3. The summed E-state index contributed by atoms with van der Waals surface area (Å²) in [7, 11) is 1.37. The summed E-state index contributed by atoms with van der Waals surface area (Å²) in [5.74, 6) is 1.64. The molecule has 30 heavy (non-hydrogen) atoms. The van der Waals surface area contributed by atoms with Crippen molar-refractivity contribution < 1.29 is 9.53 Å². The van der Waals surface area contributed by atoms with Crippen molar-refractivity contribution in [1.29, 1.82) is 0 Å². The molecule has 3 aromatic rings. The average Bonchev–Trinajstić information content (AvgIpc) is 3.31. The number of nitrogens with one attached hydrogen (secondary N) is 4. The highest BCUT2D eigenvalue weighted by Gasteiger charge is 2.33. The first-order valence-electron chi connectivity index (χ1n) is 10.3. The van der Waals surface area contributed by atoms with E-state index in [1.54, 1.807) is 6.07 Å². The van der Waals surface area contributed by atoms with Crippen LogP contribution in [-0.4, -0.2) is 51.4 Å². The Balaban J connectivity index is 1.52. The van der Waals surface area contributed by atoms with Crippen molar-refractivity contribution in [2.45, 2.75) is 50.7 Å². The smallest absolute Gasteiger partial charge is 0.339 e. The molecule has 3 aromatic heterocycles. The Hall–Kier alpha value is -3.20. The molecule has 0 amide bonds. The molecule has 5 heterocycles. The number of piperidine rings is 1. The van der Waals surface area contributed by atoms with Gasteiger partial charge in [0.05, 0.1) is 18.2 Å². The van der Waals surface area contributed by atoms with Gasteiger partial charge in [0.1, 0.15) is 11.6 Å². The fourth-order valence-electron chi connectivity index (χ4n) is 4.51. The monoisotopic (exact) mass is 407 g/mol. The number of pyridine rings is 2. The number of carbonyl (C=O) groups is 1. The van der Waals surface area contributed by atoms with E-state index in [4.69, 9.17) is 9.72 Å². The highest BCUT2D eigenvalue weighted by atomic mass is 16.5. The van der Waals surface area contributed by atoms with E-state index >= 15 is 0 Å². The Morgan fingerprint density at radius 1 is 1.17 bits per heavy atom. The van der Waals surface area contributed by atoms with Gasteiger partial charge in [0.2, 0.25) is 0 Å². The summed E-state index contributed by atoms with van der Waals surface area (Å²) in [5.41, 5.74) is 2.11.